The molecule has 1 aromatic carbocycles. The fraction of sp³-hybridized carbons (Fsp3) is 0.409. The predicted octanol–water partition coefficient (Wildman–Crippen LogP) is 4.94. The van der Waals surface area contributed by atoms with Crippen molar-refractivity contribution in [3.63, 3.8) is 0 Å². The van der Waals surface area contributed by atoms with Gasteiger partial charge in [0.05, 0.1) is 7.11 Å². The molecule has 2 aromatic rings. The van der Waals surface area contributed by atoms with Gasteiger partial charge in [-0.2, -0.15) is 5.01 Å². The van der Waals surface area contributed by atoms with E-state index < -0.39 is 23.4 Å². The van der Waals surface area contributed by atoms with Crippen molar-refractivity contribution in [1.82, 2.24) is 10.4 Å². The lowest BCUT2D eigenvalue weighted by Crippen LogP contribution is -2.50. The highest BCUT2D eigenvalue weighted by atomic mass is 16.6. The van der Waals surface area contributed by atoms with E-state index in [2.05, 4.69) is 10.4 Å². The Bertz CT molecular complexity index is 886. The number of amides is 2. The summed E-state index contributed by atoms with van der Waals surface area (Å²) in [5, 5.41) is 0.922. The maximum absolute atomic E-state index is 12.8. The Labute approximate surface area is 177 Å². The van der Waals surface area contributed by atoms with E-state index in [0.717, 1.165) is 10.6 Å². The number of hydrogen-bond donors (Lipinski definition) is 1. The number of hydrogen-bond acceptors (Lipinski definition) is 6. The lowest BCUT2D eigenvalue weighted by Gasteiger charge is -2.28. The highest BCUT2D eigenvalue weighted by Crippen LogP contribution is 2.30. The third-order valence-electron chi connectivity index (χ3n) is 3.52. The van der Waals surface area contributed by atoms with Gasteiger partial charge in [0.15, 0.2) is 5.82 Å². The molecular weight excluding hydrogens is 386 g/mol. The first-order chi connectivity index (χ1) is 13.9. The van der Waals surface area contributed by atoms with Gasteiger partial charge in [-0.25, -0.2) is 20.0 Å². The van der Waals surface area contributed by atoms with Gasteiger partial charge in [0, 0.05) is 5.56 Å². The standard InChI is InChI=1S/C22H29N3O5/c1-21(2,3)29-19(26)24-25(20(27)30-22(4,5)6)17-14-13-16(28-7)18(23-17)15-11-9-8-10-12-15/h8-14H,1-7H3,(H,24,26). The SMILES string of the molecule is COc1ccc(N(NC(=O)OC(C)(C)C)C(=O)OC(C)(C)C)nc1-c1ccccc1. The Hall–Kier alpha value is -3.29. The second-order valence-corrected chi connectivity index (χ2v) is 8.52. The number of rotatable bonds is 3. The van der Waals surface area contributed by atoms with Crippen molar-refractivity contribution in [2.45, 2.75) is 52.7 Å². The average Bonchev–Trinajstić information content (AvgIpc) is 2.63. The minimum absolute atomic E-state index is 0.148. The molecule has 8 nitrogen and oxygen atoms in total. The van der Waals surface area contributed by atoms with Gasteiger partial charge in [0.2, 0.25) is 0 Å². The van der Waals surface area contributed by atoms with Crippen LogP contribution in [0.3, 0.4) is 0 Å². The summed E-state index contributed by atoms with van der Waals surface area (Å²) in [5.74, 6) is 0.668. The van der Waals surface area contributed by atoms with Gasteiger partial charge in [-0.1, -0.05) is 30.3 Å². The Morgan fingerprint density at radius 3 is 2.03 bits per heavy atom. The zero-order valence-corrected chi connectivity index (χ0v) is 18.5. The van der Waals surface area contributed by atoms with E-state index in [1.165, 1.54) is 7.11 Å². The number of nitrogens with one attached hydrogen (secondary N) is 1. The van der Waals surface area contributed by atoms with Crippen LogP contribution in [-0.2, 0) is 9.47 Å². The Balaban J connectivity index is 2.46. The minimum atomic E-state index is -0.813. The van der Waals surface area contributed by atoms with Gasteiger partial charge in [0.25, 0.3) is 0 Å². The molecule has 1 heterocycles. The van der Waals surface area contributed by atoms with Crippen LogP contribution in [0.4, 0.5) is 15.4 Å². The average molecular weight is 415 g/mol. The van der Waals surface area contributed by atoms with E-state index in [1.54, 1.807) is 53.7 Å². The summed E-state index contributed by atoms with van der Waals surface area (Å²) >= 11 is 0. The molecule has 0 saturated carbocycles. The zero-order valence-electron chi connectivity index (χ0n) is 18.5. The van der Waals surface area contributed by atoms with Crippen molar-refractivity contribution in [2.75, 3.05) is 12.1 Å². The molecule has 0 radical (unpaired) electrons. The topological polar surface area (TPSA) is 90.0 Å². The Morgan fingerprint density at radius 2 is 1.50 bits per heavy atom. The molecule has 0 fully saturated rings. The molecule has 162 valence electrons. The van der Waals surface area contributed by atoms with Crippen LogP contribution in [-0.4, -0.2) is 35.5 Å². The van der Waals surface area contributed by atoms with E-state index in [0.29, 0.717) is 11.4 Å². The van der Waals surface area contributed by atoms with E-state index in [4.69, 9.17) is 14.2 Å². The van der Waals surface area contributed by atoms with E-state index in [1.807, 2.05) is 30.3 Å². The highest BCUT2D eigenvalue weighted by Gasteiger charge is 2.29. The quantitative estimate of drug-likeness (QED) is 0.714. The summed E-state index contributed by atoms with van der Waals surface area (Å²) in [5.41, 5.74) is 2.20. The Kier molecular flexibility index (Phi) is 6.92. The van der Waals surface area contributed by atoms with E-state index in [9.17, 15) is 9.59 Å². The van der Waals surface area contributed by atoms with Crippen LogP contribution in [0.1, 0.15) is 41.5 Å². The van der Waals surface area contributed by atoms with Crippen LogP contribution >= 0.6 is 0 Å². The highest BCUT2D eigenvalue weighted by molar-refractivity contribution is 5.90. The smallest absolute Gasteiger partial charge is 0.435 e. The van der Waals surface area contributed by atoms with Crippen LogP contribution in [0.5, 0.6) is 5.75 Å². The molecule has 0 bridgehead atoms. The maximum atomic E-state index is 12.8. The summed E-state index contributed by atoms with van der Waals surface area (Å²) in [6, 6.07) is 12.6. The molecule has 0 atom stereocenters. The lowest BCUT2D eigenvalue weighted by molar-refractivity contribution is 0.0424. The van der Waals surface area contributed by atoms with Crippen molar-refractivity contribution in [1.29, 1.82) is 0 Å². The molecule has 0 aliphatic heterocycles. The molecule has 0 spiro atoms. The molecule has 1 aromatic heterocycles. The maximum Gasteiger partial charge on any atom is 0.435 e. The normalized spacial score (nSPS) is 11.4. The molecule has 0 saturated heterocycles. The number of hydrazine groups is 1. The third-order valence-corrected chi connectivity index (χ3v) is 3.52. The third kappa shape index (κ3) is 6.65. The first-order valence-electron chi connectivity index (χ1n) is 9.53. The van der Waals surface area contributed by atoms with Crippen molar-refractivity contribution in [3.05, 3.63) is 42.5 Å². The monoisotopic (exact) mass is 415 g/mol. The molecule has 8 heteroatoms. The minimum Gasteiger partial charge on any atom is -0.494 e. The van der Waals surface area contributed by atoms with Gasteiger partial charge >= 0.3 is 12.2 Å². The van der Waals surface area contributed by atoms with Crippen LogP contribution < -0.4 is 15.2 Å². The van der Waals surface area contributed by atoms with Crippen molar-refractivity contribution >= 4 is 18.0 Å². The number of pyridine rings is 1. The molecule has 2 amide bonds. The van der Waals surface area contributed by atoms with Crippen LogP contribution in [0.25, 0.3) is 11.3 Å². The van der Waals surface area contributed by atoms with Crippen LogP contribution in [0, 0.1) is 0 Å². The van der Waals surface area contributed by atoms with Gasteiger partial charge in [-0.3, -0.25) is 0 Å². The lowest BCUT2D eigenvalue weighted by atomic mass is 10.1. The number of nitrogens with zero attached hydrogens (tertiary/aromatic N) is 2. The van der Waals surface area contributed by atoms with Crippen molar-refractivity contribution in [2.24, 2.45) is 0 Å². The summed E-state index contributed by atoms with van der Waals surface area (Å²) < 4.78 is 16.1. The first-order valence-corrected chi connectivity index (χ1v) is 9.53. The largest absolute Gasteiger partial charge is 0.494 e. The number of methoxy groups -OCH3 is 1. The first kappa shape index (κ1) is 23.0. The summed E-state index contributed by atoms with van der Waals surface area (Å²) in [6.45, 7) is 10.4. The molecule has 0 aliphatic rings. The van der Waals surface area contributed by atoms with Gasteiger partial charge in [-0.05, 0) is 53.7 Å². The molecule has 30 heavy (non-hydrogen) atoms. The second kappa shape index (κ2) is 9.02. The number of benzene rings is 1. The number of carbonyl (C=O) groups is 2. The van der Waals surface area contributed by atoms with Gasteiger partial charge in [0.1, 0.15) is 22.6 Å². The number of anilines is 1. The molecule has 0 aliphatic carbocycles. The number of carbonyl (C=O) groups excluding carboxylic acids is 2. The fourth-order valence-corrected chi connectivity index (χ4v) is 2.42. The van der Waals surface area contributed by atoms with Crippen molar-refractivity contribution < 1.29 is 23.8 Å². The summed E-state index contributed by atoms with van der Waals surface area (Å²) in [4.78, 5) is 29.7. The van der Waals surface area contributed by atoms with Gasteiger partial charge in [-0.15, -0.1) is 0 Å². The zero-order chi connectivity index (χ0) is 22.5. The number of ether oxygens (including phenoxy) is 3. The number of aromatic nitrogens is 1. The molecule has 0 unspecified atom stereocenters. The van der Waals surface area contributed by atoms with Crippen LogP contribution in [0.15, 0.2) is 42.5 Å². The Morgan fingerprint density at radius 1 is 0.900 bits per heavy atom. The van der Waals surface area contributed by atoms with E-state index >= 15 is 0 Å². The molecular formula is C22H29N3O5. The second-order valence-electron chi connectivity index (χ2n) is 8.52. The van der Waals surface area contributed by atoms with Crippen LogP contribution in [0.2, 0.25) is 0 Å². The molecule has 1 N–H and O–H groups in total. The van der Waals surface area contributed by atoms with Gasteiger partial charge < -0.3 is 14.2 Å². The molecule has 2 rings (SSSR count). The summed E-state index contributed by atoms with van der Waals surface area (Å²) in [7, 11) is 1.54. The van der Waals surface area contributed by atoms with E-state index in [-0.39, 0.29) is 5.82 Å². The fourth-order valence-electron chi connectivity index (χ4n) is 2.42. The predicted molar refractivity (Wildman–Crippen MR) is 114 cm³/mol. The summed E-state index contributed by atoms with van der Waals surface area (Å²) in [6.07, 6.45) is -1.61. The van der Waals surface area contributed by atoms with Crippen molar-refractivity contribution in [3.8, 4) is 17.0 Å².